The molecule has 0 bridgehead atoms. The summed E-state index contributed by atoms with van der Waals surface area (Å²) in [6, 6.07) is 2.14. The van der Waals surface area contributed by atoms with Crippen molar-refractivity contribution in [1.82, 2.24) is 14.9 Å². The van der Waals surface area contributed by atoms with Gasteiger partial charge in [-0.15, -0.1) is 0 Å². The van der Waals surface area contributed by atoms with Gasteiger partial charge in [0.15, 0.2) is 0 Å². The third-order valence-electron chi connectivity index (χ3n) is 3.12. The largest absolute Gasteiger partial charge is 0.306 e. The Kier molecular flexibility index (Phi) is 3.00. The average Bonchev–Trinajstić information content (AvgIpc) is 2.17. The van der Waals surface area contributed by atoms with E-state index in [2.05, 4.69) is 28.0 Å². The summed E-state index contributed by atoms with van der Waals surface area (Å²) in [6.07, 6.45) is 2.46. The van der Waals surface area contributed by atoms with Crippen molar-refractivity contribution in [3.05, 3.63) is 23.3 Å². The molecule has 0 aliphatic carbocycles. The van der Waals surface area contributed by atoms with Crippen molar-refractivity contribution in [2.75, 3.05) is 20.1 Å². The third-order valence-corrected chi connectivity index (χ3v) is 3.12. The average molecular weight is 205 g/mol. The van der Waals surface area contributed by atoms with Crippen LogP contribution in [0.2, 0.25) is 0 Å². The van der Waals surface area contributed by atoms with E-state index >= 15 is 0 Å². The molecule has 0 amide bonds. The molecule has 2 rings (SSSR count). The van der Waals surface area contributed by atoms with Crippen molar-refractivity contribution in [2.45, 2.75) is 32.6 Å². The van der Waals surface area contributed by atoms with Crippen molar-refractivity contribution < 1.29 is 0 Å². The molecule has 1 fully saturated rings. The molecule has 0 spiro atoms. The molecule has 1 aliphatic rings. The van der Waals surface area contributed by atoms with Crippen LogP contribution in [-0.2, 0) is 0 Å². The Hall–Kier alpha value is -0.960. The van der Waals surface area contributed by atoms with Crippen molar-refractivity contribution in [1.29, 1.82) is 0 Å². The molecule has 0 unspecified atom stereocenters. The van der Waals surface area contributed by atoms with E-state index in [4.69, 9.17) is 0 Å². The highest BCUT2D eigenvalue weighted by molar-refractivity contribution is 5.14. The molecule has 15 heavy (non-hydrogen) atoms. The zero-order chi connectivity index (χ0) is 10.8. The first-order chi connectivity index (χ1) is 7.15. The molecule has 82 valence electrons. The van der Waals surface area contributed by atoms with Gasteiger partial charge in [0.05, 0.1) is 0 Å². The fraction of sp³-hybridized carbons (Fsp3) is 0.667. The predicted molar refractivity (Wildman–Crippen MR) is 61.0 cm³/mol. The molecular weight excluding hydrogens is 186 g/mol. The van der Waals surface area contributed by atoms with E-state index in [1.807, 2.05) is 13.8 Å². The number of hydrogen-bond acceptors (Lipinski definition) is 3. The topological polar surface area (TPSA) is 29.0 Å². The number of aromatic nitrogens is 2. The molecule has 0 atom stereocenters. The SMILES string of the molecule is Cc1cc(C2CCN(C)CC2)nc(C)n1. The zero-order valence-corrected chi connectivity index (χ0v) is 9.82. The molecule has 1 aromatic rings. The van der Waals surface area contributed by atoms with Gasteiger partial charge in [0, 0.05) is 17.3 Å². The Morgan fingerprint density at radius 3 is 2.47 bits per heavy atom. The van der Waals surface area contributed by atoms with Gasteiger partial charge in [0.25, 0.3) is 0 Å². The number of hydrogen-bond donors (Lipinski definition) is 0. The summed E-state index contributed by atoms with van der Waals surface area (Å²) in [7, 11) is 2.19. The molecule has 1 aromatic heterocycles. The van der Waals surface area contributed by atoms with E-state index in [1.165, 1.54) is 31.6 Å². The Balaban J connectivity index is 2.15. The summed E-state index contributed by atoms with van der Waals surface area (Å²) in [5, 5.41) is 0. The van der Waals surface area contributed by atoms with Gasteiger partial charge in [0.2, 0.25) is 0 Å². The monoisotopic (exact) mass is 205 g/mol. The van der Waals surface area contributed by atoms with Gasteiger partial charge in [-0.25, -0.2) is 9.97 Å². The van der Waals surface area contributed by atoms with Crippen LogP contribution in [0.5, 0.6) is 0 Å². The second kappa shape index (κ2) is 4.27. The second-order valence-electron chi connectivity index (χ2n) is 4.56. The van der Waals surface area contributed by atoms with E-state index in [0.717, 1.165) is 11.5 Å². The maximum atomic E-state index is 4.55. The summed E-state index contributed by atoms with van der Waals surface area (Å²) < 4.78 is 0. The molecule has 3 heteroatoms. The lowest BCUT2D eigenvalue weighted by atomic mass is 9.93. The van der Waals surface area contributed by atoms with Gasteiger partial charge in [0.1, 0.15) is 5.82 Å². The zero-order valence-electron chi connectivity index (χ0n) is 9.82. The Morgan fingerprint density at radius 2 is 1.87 bits per heavy atom. The Labute approximate surface area is 91.5 Å². The van der Waals surface area contributed by atoms with E-state index in [1.54, 1.807) is 0 Å². The fourth-order valence-electron chi connectivity index (χ4n) is 2.26. The van der Waals surface area contributed by atoms with Crippen LogP contribution in [0.4, 0.5) is 0 Å². The van der Waals surface area contributed by atoms with Crippen molar-refractivity contribution >= 4 is 0 Å². The number of rotatable bonds is 1. The molecule has 0 saturated carbocycles. The van der Waals surface area contributed by atoms with Crippen LogP contribution >= 0.6 is 0 Å². The van der Waals surface area contributed by atoms with Crippen LogP contribution in [0.1, 0.15) is 36.0 Å². The summed E-state index contributed by atoms with van der Waals surface area (Å²) in [5.74, 6) is 1.55. The van der Waals surface area contributed by atoms with E-state index in [0.29, 0.717) is 5.92 Å². The summed E-state index contributed by atoms with van der Waals surface area (Å²) in [4.78, 5) is 11.3. The van der Waals surface area contributed by atoms with Gasteiger partial charge < -0.3 is 4.90 Å². The van der Waals surface area contributed by atoms with Crippen molar-refractivity contribution in [3.8, 4) is 0 Å². The molecule has 1 aliphatic heterocycles. The molecule has 0 N–H and O–H groups in total. The number of aryl methyl sites for hydroxylation is 2. The first-order valence-corrected chi connectivity index (χ1v) is 5.66. The third kappa shape index (κ3) is 2.53. The van der Waals surface area contributed by atoms with Gasteiger partial charge in [-0.2, -0.15) is 0 Å². The lowest BCUT2D eigenvalue weighted by Gasteiger charge is -2.28. The van der Waals surface area contributed by atoms with Crippen LogP contribution in [0.25, 0.3) is 0 Å². The predicted octanol–water partition coefficient (Wildman–Crippen LogP) is 1.90. The first-order valence-electron chi connectivity index (χ1n) is 5.66. The smallest absolute Gasteiger partial charge is 0.125 e. The van der Waals surface area contributed by atoms with Crippen LogP contribution < -0.4 is 0 Å². The minimum atomic E-state index is 0.640. The molecule has 0 aromatic carbocycles. The Morgan fingerprint density at radius 1 is 1.20 bits per heavy atom. The van der Waals surface area contributed by atoms with E-state index < -0.39 is 0 Å². The summed E-state index contributed by atoms with van der Waals surface area (Å²) in [5.41, 5.74) is 2.34. The highest BCUT2D eigenvalue weighted by Gasteiger charge is 2.19. The number of nitrogens with zero attached hydrogens (tertiary/aromatic N) is 3. The summed E-state index contributed by atoms with van der Waals surface area (Å²) >= 11 is 0. The number of piperidine rings is 1. The molecule has 0 radical (unpaired) electrons. The minimum absolute atomic E-state index is 0.640. The van der Waals surface area contributed by atoms with Crippen LogP contribution in [-0.4, -0.2) is 35.0 Å². The number of likely N-dealkylation sites (tertiary alicyclic amines) is 1. The minimum Gasteiger partial charge on any atom is -0.306 e. The standard InChI is InChI=1S/C12H19N3/c1-9-8-12(14-10(2)13-9)11-4-6-15(3)7-5-11/h8,11H,4-7H2,1-3H3. The quantitative estimate of drug-likeness (QED) is 0.701. The van der Waals surface area contributed by atoms with Crippen LogP contribution in [0.3, 0.4) is 0 Å². The van der Waals surface area contributed by atoms with Crippen molar-refractivity contribution in [3.63, 3.8) is 0 Å². The lowest BCUT2D eigenvalue weighted by Crippen LogP contribution is -2.29. The molecule has 1 saturated heterocycles. The second-order valence-corrected chi connectivity index (χ2v) is 4.56. The molecular formula is C12H19N3. The normalized spacial score (nSPS) is 19.4. The van der Waals surface area contributed by atoms with Gasteiger partial charge in [-0.3, -0.25) is 0 Å². The van der Waals surface area contributed by atoms with Crippen LogP contribution in [0.15, 0.2) is 6.07 Å². The van der Waals surface area contributed by atoms with Gasteiger partial charge in [-0.05, 0) is 52.9 Å². The fourth-order valence-corrected chi connectivity index (χ4v) is 2.26. The lowest BCUT2D eigenvalue weighted by molar-refractivity contribution is 0.253. The van der Waals surface area contributed by atoms with Crippen molar-refractivity contribution in [2.24, 2.45) is 0 Å². The first kappa shape index (κ1) is 10.6. The van der Waals surface area contributed by atoms with Crippen LogP contribution in [0, 0.1) is 13.8 Å². The molecule has 2 heterocycles. The van der Waals surface area contributed by atoms with Gasteiger partial charge in [-0.1, -0.05) is 0 Å². The van der Waals surface area contributed by atoms with E-state index in [-0.39, 0.29) is 0 Å². The van der Waals surface area contributed by atoms with Gasteiger partial charge >= 0.3 is 0 Å². The molecule has 3 nitrogen and oxygen atoms in total. The maximum absolute atomic E-state index is 4.55. The highest BCUT2D eigenvalue weighted by atomic mass is 15.1. The Bertz CT molecular complexity index is 320. The maximum Gasteiger partial charge on any atom is 0.125 e. The summed E-state index contributed by atoms with van der Waals surface area (Å²) in [6.45, 7) is 6.40. The van der Waals surface area contributed by atoms with E-state index in [9.17, 15) is 0 Å². The highest BCUT2D eigenvalue weighted by Crippen LogP contribution is 2.26.